The average Bonchev–Trinajstić information content (AvgIpc) is 3.32. The maximum absolute atomic E-state index is 12.8. The molecular formula is C18H28ClN3O3S. The summed E-state index contributed by atoms with van der Waals surface area (Å²) in [5, 5.41) is 8.36. The number of nitrogens with one attached hydrogen (secondary N) is 2. The van der Waals surface area contributed by atoms with Gasteiger partial charge in [0, 0.05) is 25.6 Å². The average molecular weight is 402 g/mol. The number of amides is 2. The number of halogens is 1. The molecule has 2 aliphatic heterocycles. The number of carbonyl (C=O) groups is 2. The normalized spacial score (nSPS) is 21.9. The van der Waals surface area contributed by atoms with Crippen molar-refractivity contribution >= 4 is 35.6 Å². The highest BCUT2D eigenvalue weighted by molar-refractivity contribution is 7.12. The molecule has 1 aromatic heterocycles. The van der Waals surface area contributed by atoms with Crippen molar-refractivity contribution < 1.29 is 14.3 Å². The standard InChI is InChI=1S/C18H27N3O3S.ClH/c1-24-13-18(6-8-19-9-7-18)12-20-16(22)14-4-2-10-21(14)17(23)15-5-3-11-25-15;/h3,5,11,14,19H,2,4,6-10,12-13H2,1H3,(H,20,22);1H. The molecular weight excluding hydrogens is 374 g/mol. The molecule has 2 saturated heterocycles. The van der Waals surface area contributed by atoms with E-state index in [-0.39, 0.29) is 35.7 Å². The van der Waals surface area contributed by atoms with E-state index in [1.165, 1.54) is 11.3 Å². The van der Waals surface area contributed by atoms with Crippen molar-refractivity contribution in [3.05, 3.63) is 22.4 Å². The van der Waals surface area contributed by atoms with Gasteiger partial charge in [-0.3, -0.25) is 9.59 Å². The van der Waals surface area contributed by atoms with E-state index in [1.54, 1.807) is 12.0 Å². The van der Waals surface area contributed by atoms with Crippen LogP contribution >= 0.6 is 23.7 Å². The number of hydrogen-bond donors (Lipinski definition) is 2. The van der Waals surface area contributed by atoms with Gasteiger partial charge in [-0.15, -0.1) is 23.7 Å². The third kappa shape index (κ3) is 4.76. The summed E-state index contributed by atoms with van der Waals surface area (Å²) in [6.45, 7) is 3.82. The molecule has 1 aromatic rings. The number of methoxy groups -OCH3 is 1. The van der Waals surface area contributed by atoms with Crippen molar-refractivity contribution in [1.29, 1.82) is 0 Å². The Morgan fingerprint density at radius 3 is 2.85 bits per heavy atom. The topological polar surface area (TPSA) is 70.7 Å². The molecule has 3 heterocycles. The van der Waals surface area contributed by atoms with Crippen LogP contribution in [-0.4, -0.2) is 62.7 Å². The number of nitrogens with zero attached hydrogens (tertiary/aromatic N) is 1. The molecule has 0 aliphatic carbocycles. The summed E-state index contributed by atoms with van der Waals surface area (Å²) in [6, 6.07) is 3.34. The molecule has 0 bridgehead atoms. The first-order chi connectivity index (χ1) is 12.2. The second-order valence-corrected chi connectivity index (χ2v) is 7.98. The number of ether oxygens (including phenoxy) is 1. The number of carbonyl (C=O) groups excluding carboxylic acids is 2. The van der Waals surface area contributed by atoms with Crippen LogP contribution in [-0.2, 0) is 9.53 Å². The van der Waals surface area contributed by atoms with Crippen LogP contribution in [0.15, 0.2) is 17.5 Å². The largest absolute Gasteiger partial charge is 0.384 e. The maximum Gasteiger partial charge on any atom is 0.264 e. The first-order valence-electron chi connectivity index (χ1n) is 8.97. The van der Waals surface area contributed by atoms with Gasteiger partial charge in [0.05, 0.1) is 11.5 Å². The predicted octanol–water partition coefficient (Wildman–Crippen LogP) is 1.91. The second kappa shape index (κ2) is 9.69. The van der Waals surface area contributed by atoms with Crippen LogP contribution in [0.4, 0.5) is 0 Å². The summed E-state index contributed by atoms with van der Waals surface area (Å²) >= 11 is 1.43. The van der Waals surface area contributed by atoms with Crippen molar-refractivity contribution in [3.8, 4) is 0 Å². The van der Waals surface area contributed by atoms with E-state index in [0.717, 1.165) is 38.8 Å². The highest BCUT2D eigenvalue weighted by Gasteiger charge is 2.37. The summed E-state index contributed by atoms with van der Waals surface area (Å²) in [6.07, 6.45) is 3.59. The summed E-state index contributed by atoms with van der Waals surface area (Å²) in [4.78, 5) is 27.8. The fourth-order valence-corrected chi connectivity index (χ4v) is 4.53. The van der Waals surface area contributed by atoms with E-state index in [9.17, 15) is 9.59 Å². The Kier molecular flexibility index (Phi) is 7.88. The molecule has 6 nitrogen and oxygen atoms in total. The lowest BCUT2D eigenvalue weighted by molar-refractivity contribution is -0.125. The van der Waals surface area contributed by atoms with Crippen LogP contribution in [0.1, 0.15) is 35.4 Å². The van der Waals surface area contributed by atoms with Crippen LogP contribution in [0.3, 0.4) is 0 Å². The van der Waals surface area contributed by atoms with Crippen molar-refractivity contribution in [3.63, 3.8) is 0 Å². The number of piperidine rings is 1. The van der Waals surface area contributed by atoms with Gasteiger partial charge in [0.1, 0.15) is 6.04 Å². The van der Waals surface area contributed by atoms with E-state index in [1.807, 2.05) is 17.5 Å². The molecule has 1 atom stereocenters. The molecule has 2 amide bonds. The highest BCUT2D eigenvalue weighted by atomic mass is 35.5. The Morgan fingerprint density at radius 1 is 1.42 bits per heavy atom. The molecule has 3 rings (SSSR count). The van der Waals surface area contributed by atoms with Gasteiger partial charge in [-0.2, -0.15) is 0 Å². The minimum Gasteiger partial charge on any atom is -0.384 e. The SMILES string of the molecule is COCC1(CNC(=O)C2CCCN2C(=O)c2cccs2)CCNCC1.Cl. The first-order valence-corrected chi connectivity index (χ1v) is 9.85. The number of hydrogen-bond acceptors (Lipinski definition) is 5. The molecule has 2 fully saturated rings. The molecule has 0 spiro atoms. The molecule has 146 valence electrons. The van der Waals surface area contributed by atoms with Crippen molar-refractivity contribution in [1.82, 2.24) is 15.5 Å². The molecule has 0 radical (unpaired) electrons. The fraction of sp³-hybridized carbons (Fsp3) is 0.667. The molecule has 8 heteroatoms. The molecule has 26 heavy (non-hydrogen) atoms. The van der Waals surface area contributed by atoms with E-state index in [4.69, 9.17) is 4.74 Å². The lowest BCUT2D eigenvalue weighted by Gasteiger charge is -2.37. The predicted molar refractivity (Wildman–Crippen MR) is 105 cm³/mol. The van der Waals surface area contributed by atoms with Crippen LogP contribution in [0.2, 0.25) is 0 Å². The number of thiophene rings is 1. The molecule has 0 saturated carbocycles. The van der Waals surface area contributed by atoms with Gasteiger partial charge in [0.25, 0.3) is 5.91 Å². The van der Waals surface area contributed by atoms with Gasteiger partial charge < -0.3 is 20.3 Å². The van der Waals surface area contributed by atoms with E-state index >= 15 is 0 Å². The lowest BCUT2D eigenvalue weighted by Crippen LogP contribution is -2.51. The Morgan fingerprint density at radius 2 is 2.19 bits per heavy atom. The first kappa shape index (κ1) is 21.2. The van der Waals surface area contributed by atoms with Gasteiger partial charge in [0.2, 0.25) is 5.91 Å². The zero-order valence-electron chi connectivity index (χ0n) is 15.2. The minimum absolute atomic E-state index is 0. The minimum atomic E-state index is -0.351. The lowest BCUT2D eigenvalue weighted by atomic mass is 9.79. The van der Waals surface area contributed by atoms with Crippen LogP contribution in [0.25, 0.3) is 0 Å². The summed E-state index contributed by atoms with van der Waals surface area (Å²) < 4.78 is 5.41. The van der Waals surface area contributed by atoms with Crippen LogP contribution in [0, 0.1) is 5.41 Å². The Bertz CT molecular complexity index is 585. The monoisotopic (exact) mass is 401 g/mol. The quantitative estimate of drug-likeness (QED) is 0.763. The highest BCUT2D eigenvalue weighted by Crippen LogP contribution is 2.29. The van der Waals surface area contributed by atoms with Crippen molar-refractivity contribution in [2.24, 2.45) is 5.41 Å². The maximum atomic E-state index is 12.8. The molecule has 2 N–H and O–H groups in total. The van der Waals surface area contributed by atoms with Crippen molar-refractivity contribution in [2.75, 3.05) is 39.9 Å². The molecule has 1 unspecified atom stereocenters. The van der Waals surface area contributed by atoms with Gasteiger partial charge in [-0.1, -0.05) is 6.07 Å². The Labute approximate surface area is 165 Å². The van der Waals surface area contributed by atoms with Gasteiger partial charge in [-0.05, 0) is 50.2 Å². The van der Waals surface area contributed by atoms with Crippen molar-refractivity contribution in [2.45, 2.75) is 31.7 Å². The molecule has 0 aromatic carbocycles. The zero-order valence-corrected chi connectivity index (χ0v) is 16.8. The van der Waals surface area contributed by atoms with Crippen LogP contribution < -0.4 is 10.6 Å². The van der Waals surface area contributed by atoms with Gasteiger partial charge in [0.15, 0.2) is 0 Å². The number of rotatable bonds is 6. The summed E-state index contributed by atoms with van der Waals surface area (Å²) in [7, 11) is 1.71. The van der Waals surface area contributed by atoms with E-state index in [2.05, 4.69) is 10.6 Å². The third-order valence-electron chi connectivity index (χ3n) is 5.30. The Hall–Kier alpha value is -1.15. The van der Waals surface area contributed by atoms with E-state index < -0.39 is 0 Å². The second-order valence-electron chi connectivity index (χ2n) is 7.03. The molecule has 2 aliphatic rings. The smallest absolute Gasteiger partial charge is 0.264 e. The third-order valence-corrected chi connectivity index (χ3v) is 6.16. The number of likely N-dealkylation sites (tertiary alicyclic amines) is 1. The fourth-order valence-electron chi connectivity index (χ4n) is 3.85. The van der Waals surface area contributed by atoms with Crippen LogP contribution in [0.5, 0.6) is 0 Å². The van der Waals surface area contributed by atoms with E-state index in [0.29, 0.717) is 24.6 Å². The Balaban J connectivity index is 0.00000243. The zero-order chi connectivity index (χ0) is 17.7. The van der Waals surface area contributed by atoms with Gasteiger partial charge >= 0.3 is 0 Å². The summed E-state index contributed by atoms with van der Waals surface area (Å²) in [5.74, 6) is -0.0578. The summed E-state index contributed by atoms with van der Waals surface area (Å²) in [5.41, 5.74) is -0.00312. The van der Waals surface area contributed by atoms with Gasteiger partial charge in [-0.25, -0.2) is 0 Å².